The second-order valence-corrected chi connectivity index (χ2v) is 4.80. The quantitative estimate of drug-likeness (QED) is 0.445. The summed E-state index contributed by atoms with van der Waals surface area (Å²) in [7, 11) is 0. The van der Waals surface area contributed by atoms with E-state index in [9.17, 15) is 4.79 Å². The van der Waals surface area contributed by atoms with Gasteiger partial charge in [-0.25, -0.2) is 0 Å². The lowest BCUT2D eigenvalue weighted by molar-refractivity contribution is -0.115. The first-order valence-corrected chi connectivity index (χ1v) is 5.41. The molecule has 0 aromatic carbocycles. The van der Waals surface area contributed by atoms with E-state index in [0.717, 1.165) is 18.8 Å². The van der Waals surface area contributed by atoms with E-state index in [1.165, 1.54) is 25.5 Å². The molecule has 1 saturated carbocycles. The maximum atomic E-state index is 11.2. The minimum atomic E-state index is -0.0647. The summed E-state index contributed by atoms with van der Waals surface area (Å²) < 4.78 is 0. The van der Waals surface area contributed by atoms with Crippen molar-refractivity contribution in [3.8, 4) is 0 Å². The molecule has 1 heteroatoms. The second kappa shape index (κ2) is 3.28. The summed E-state index contributed by atoms with van der Waals surface area (Å²) in [6.45, 7) is 2.30. The molecule has 1 fully saturated rings. The van der Waals surface area contributed by atoms with Crippen LogP contribution in [0.15, 0.2) is 12.2 Å². The van der Waals surface area contributed by atoms with Crippen LogP contribution < -0.4 is 0 Å². The average Bonchev–Trinajstić information content (AvgIpc) is 2.43. The van der Waals surface area contributed by atoms with Gasteiger partial charge in [-0.2, -0.15) is 0 Å². The normalized spacial score (nSPS) is 44.1. The van der Waals surface area contributed by atoms with Gasteiger partial charge in [-0.05, 0) is 37.5 Å². The number of allylic oxidation sites excluding steroid dienone is 2. The molecule has 2 aliphatic rings. The Balaban J connectivity index is 2.26. The maximum absolute atomic E-state index is 11.2. The molecule has 72 valence electrons. The van der Waals surface area contributed by atoms with E-state index in [0.29, 0.717) is 5.92 Å². The third-order valence-electron chi connectivity index (χ3n) is 3.80. The van der Waals surface area contributed by atoms with Crippen molar-refractivity contribution < 1.29 is 4.79 Å². The van der Waals surface area contributed by atoms with E-state index in [1.807, 2.05) is 0 Å². The molecule has 2 rings (SSSR count). The molecule has 0 spiro atoms. The summed E-state index contributed by atoms with van der Waals surface area (Å²) in [6.07, 6.45) is 11.6. The molecule has 0 heterocycles. The third kappa shape index (κ3) is 1.45. The largest absolute Gasteiger partial charge is 0.302 e. The predicted octanol–water partition coefficient (Wildman–Crippen LogP) is 2.96. The fourth-order valence-corrected chi connectivity index (χ4v) is 2.98. The van der Waals surface area contributed by atoms with E-state index in [4.69, 9.17) is 0 Å². The number of aldehydes is 1. The van der Waals surface area contributed by atoms with Crippen LogP contribution >= 0.6 is 0 Å². The summed E-state index contributed by atoms with van der Waals surface area (Å²) in [4.78, 5) is 11.2. The van der Waals surface area contributed by atoms with Gasteiger partial charge in [0, 0.05) is 5.41 Å². The van der Waals surface area contributed by atoms with Crippen LogP contribution in [-0.4, -0.2) is 6.29 Å². The monoisotopic (exact) mass is 178 g/mol. The average molecular weight is 178 g/mol. The van der Waals surface area contributed by atoms with Crippen LogP contribution in [0.3, 0.4) is 0 Å². The van der Waals surface area contributed by atoms with Crippen LogP contribution in [0.2, 0.25) is 0 Å². The van der Waals surface area contributed by atoms with Crippen LogP contribution in [0.4, 0.5) is 0 Å². The fraction of sp³-hybridized carbons (Fsp3) is 0.750. The van der Waals surface area contributed by atoms with E-state index < -0.39 is 0 Å². The maximum Gasteiger partial charge on any atom is 0.130 e. The van der Waals surface area contributed by atoms with Gasteiger partial charge in [-0.1, -0.05) is 25.5 Å². The van der Waals surface area contributed by atoms with Gasteiger partial charge >= 0.3 is 0 Å². The Kier molecular flexibility index (Phi) is 2.27. The molecule has 0 radical (unpaired) electrons. The zero-order valence-corrected chi connectivity index (χ0v) is 8.33. The van der Waals surface area contributed by atoms with Gasteiger partial charge in [0.05, 0.1) is 0 Å². The lowest BCUT2D eigenvalue weighted by Gasteiger charge is -2.26. The highest BCUT2D eigenvalue weighted by Crippen LogP contribution is 2.48. The number of carbonyl (C=O) groups is 1. The number of hydrogen-bond donors (Lipinski definition) is 0. The Hall–Kier alpha value is -0.590. The lowest BCUT2D eigenvalue weighted by Crippen LogP contribution is -2.24. The first kappa shape index (κ1) is 8.98. The number of fused-ring (bicyclic) bond motifs is 1. The molecular formula is C12H18O. The van der Waals surface area contributed by atoms with Gasteiger partial charge in [-0.15, -0.1) is 0 Å². The Morgan fingerprint density at radius 1 is 1.54 bits per heavy atom. The molecule has 0 aromatic heterocycles. The molecule has 0 aliphatic heterocycles. The predicted molar refractivity (Wildman–Crippen MR) is 53.4 cm³/mol. The van der Waals surface area contributed by atoms with E-state index in [2.05, 4.69) is 19.1 Å². The Morgan fingerprint density at radius 2 is 2.38 bits per heavy atom. The van der Waals surface area contributed by atoms with E-state index in [1.54, 1.807) is 0 Å². The van der Waals surface area contributed by atoms with Gasteiger partial charge in [0.15, 0.2) is 0 Å². The highest BCUT2D eigenvalue weighted by atomic mass is 16.1. The van der Waals surface area contributed by atoms with Crippen molar-refractivity contribution >= 4 is 6.29 Å². The molecule has 13 heavy (non-hydrogen) atoms. The summed E-state index contributed by atoms with van der Waals surface area (Å²) in [5.74, 6) is 1.40. The Morgan fingerprint density at radius 3 is 3.15 bits per heavy atom. The minimum absolute atomic E-state index is 0.0647. The number of hydrogen-bond acceptors (Lipinski definition) is 1. The van der Waals surface area contributed by atoms with Gasteiger partial charge < -0.3 is 4.79 Å². The standard InChI is InChI=1S/C12H18O/c1-10-4-2-6-12(9-13)7-3-5-11(12)8-10/h2,6,9-11H,3-5,7-8H2,1H3. The summed E-state index contributed by atoms with van der Waals surface area (Å²) in [5, 5.41) is 0. The van der Waals surface area contributed by atoms with Crippen molar-refractivity contribution in [1.29, 1.82) is 0 Å². The topological polar surface area (TPSA) is 17.1 Å². The van der Waals surface area contributed by atoms with E-state index in [-0.39, 0.29) is 5.41 Å². The van der Waals surface area contributed by atoms with Crippen molar-refractivity contribution in [2.45, 2.75) is 39.0 Å². The molecule has 3 unspecified atom stereocenters. The van der Waals surface area contributed by atoms with Gasteiger partial charge in [-0.3, -0.25) is 0 Å². The second-order valence-electron chi connectivity index (χ2n) is 4.80. The number of carbonyl (C=O) groups excluding carboxylic acids is 1. The summed E-state index contributed by atoms with van der Waals surface area (Å²) in [6, 6.07) is 0. The van der Waals surface area contributed by atoms with Crippen molar-refractivity contribution in [3.63, 3.8) is 0 Å². The Labute approximate surface area is 80.2 Å². The molecular weight excluding hydrogens is 160 g/mol. The van der Waals surface area contributed by atoms with Crippen molar-refractivity contribution in [3.05, 3.63) is 12.2 Å². The van der Waals surface area contributed by atoms with Crippen LogP contribution in [-0.2, 0) is 4.79 Å². The zero-order valence-electron chi connectivity index (χ0n) is 8.33. The molecule has 0 amide bonds. The van der Waals surface area contributed by atoms with Gasteiger partial charge in [0.2, 0.25) is 0 Å². The van der Waals surface area contributed by atoms with Crippen molar-refractivity contribution in [2.75, 3.05) is 0 Å². The van der Waals surface area contributed by atoms with Crippen molar-refractivity contribution in [2.24, 2.45) is 17.3 Å². The Bertz CT molecular complexity index is 231. The first-order valence-electron chi connectivity index (χ1n) is 5.41. The molecule has 0 bridgehead atoms. The highest BCUT2D eigenvalue weighted by Gasteiger charge is 2.41. The molecule has 3 atom stereocenters. The zero-order chi connectivity index (χ0) is 9.31. The molecule has 2 aliphatic carbocycles. The van der Waals surface area contributed by atoms with Gasteiger partial charge in [0.25, 0.3) is 0 Å². The third-order valence-corrected chi connectivity index (χ3v) is 3.80. The SMILES string of the molecule is CC1CC=CC2(C=O)CCCC2C1. The van der Waals surface area contributed by atoms with E-state index >= 15 is 0 Å². The fourth-order valence-electron chi connectivity index (χ4n) is 2.98. The van der Waals surface area contributed by atoms with Crippen LogP contribution in [0.5, 0.6) is 0 Å². The highest BCUT2D eigenvalue weighted by molar-refractivity contribution is 5.64. The summed E-state index contributed by atoms with van der Waals surface area (Å²) in [5.41, 5.74) is -0.0647. The molecule has 0 aromatic rings. The molecule has 0 N–H and O–H groups in total. The van der Waals surface area contributed by atoms with Crippen LogP contribution in [0.25, 0.3) is 0 Å². The summed E-state index contributed by atoms with van der Waals surface area (Å²) >= 11 is 0. The molecule has 1 nitrogen and oxygen atoms in total. The minimum Gasteiger partial charge on any atom is -0.302 e. The lowest BCUT2D eigenvalue weighted by atomic mass is 9.77. The molecule has 0 saturated heterocycles. The van der Waals surface area contributed by atoms with Crippen molar-refractivity contribution in [1.82, 2.24) is 0 Å². The van der Waals surface area contributed by atoms with Crippen LogP contribution in [0.1, 0.15) is 39.0 Å². The number of rotatable bonds is 1. The van der Waals surface area contributed by atoms with Gasteiger partial charge in [0.1, 0.15) is 6.29 Å². The first-order chi connectivity index (χ1) is 6.27. The smallest absolute Gasteiger partial charge is 0.130 e. The van der Waals surface area contributed by atoms with Crippen LogP contribution in [0, 0.1) is 17.3 Å².